The van der Waals surface area contributed by atoms with Gasteiger partial charge in [0.05, 0.1) is 0 Å². The van der Waals surface area contributed by atoms with Crippen LogP contribution in [0.5, 0.6) is 5.75 Å². The molecule has 1 atom stereocenters. The van der Waals surface area contributed by atoms with Crippen molar-refractivity contribution in [1.82, 2.24) is 10.2 Å². The molecular weight excluding hydrogens is 333 g/mol. The number of aromatic hydroxyl groups is 1. The molecule has 0 bridgehead atoms. The van der Waals surface area contributed by atoms with Crippen molar-refractivity contribution < 1.29 is 13.9 Å². The molecule has 0 saturated carbocycles. The third-order valence-corrected chi connectivity index (χ3v) is 3.73. The van der Waals surface area contributed by atoms with E-state index in [1.54, 1.807) is 0 Å². The molecule has 1 aromatic rings. The van der Waals surface area contributed by atoms with Gasteiger partial charge in [0.25, 0.3) is 0 Å². The van der Waals surface area contributed by atoms with E-state index in [0.29, 0.717) is 5.56 Å². The van der Waals surface area contributed by atoms with Crippen molar-refractivity contribution in [3.63, 3.8) is 0 Å². The zero-order chi connectivity index (χ0) is 14.9. The predicted octanol–water partition coefficient (Wildman–Crippen LogP) is 3.51. The third-order valence-electron chi connectivity index (χ3n) is 3.73. The minimum absolute atomic E-state index is 0. The number of phenolic OH excluding ortho intramolecular Hbond substituents is 1. The Labute approximate surface area is 142 Å². The van der Waals surface area contributed by atoms with Gasteiger partial charge in [-0.15, -0.1) is 24.8 Å². The number of halogens is 4. The van der Waals surface area contributed by atoms with Crippen molar-refractivity contribution in [2.75, 3.05) is 26.2 Å². The topological polar surface area (TPSA) is 35.5 Å². The minimum atomic E-state index is -1.16. The molecule has 128 valence electrons. The third kappa shape index (κ3) is 4.44. The van der Waals surface area contributed by atoms with Crippen molar-refractivity contribution in [2.24, 2.45) is 5.41 Å². The fourth-order valence-corrected chi connectivity index (χ4v) is 2.93. The Morgan fingerprint density at radius 1 is 1.14 bits per heavy atom. The van der Waals surface area contributed by atoms with Gasteiger partial charge >= 0.3 is 0 Å². The summed E-state index contributed by atoms with van der Waals surface area (Å²) in [5.74, 6) is -2.74. The highest BCUT2D eigenvalue weighted by Crippen LogP contribution is 2.42. The zero-order valence-corrected chi connectivity index (χ0v) is 14.7. The number of phenols is 1. The molecule has 0 unspecified atom stereocenters. The summed E-state index contributed by atoms with van der Waals surface area (Å²) < 4.78 is 26.9. The van der Waals surface area contributed by atoms with Gasteiger partial charge in [0.2, 0.25) is 5.82 Å². The average Bonchev–Trinajstić information content (AvgIpc) is 2.39. The molecule has 0 aliphatic carbocycles. The van der Waals surface area contributed by atoms with Crippen LogP contribution in [0.2, 0.25) is 0 Å². The Morgan fingerprint density at radius 2 is 1.68 bits per heavy atom. The van der Waals surface area contributed by atoms with Gasteiger partial charge in [0, 0.05) is 37.8 Å². The summed E-state index contributed by atoms with van der Waals surface area (Å²) in [5, 5.41) is 13.3. The summed E-state index contributed by atoms with van der Waals surface area (Å²) >= 11 is 0. The van der Waals surface area contributed by atoms with Crippen molar-refractivity contribution in [3.05, 3.63) is 29.3 Å². The second-order valence-electron chi connectivity index (χ2n) is 6.35. The summed E-state index contributed by atoms with van der Waals surface area (Å²) in [4.78, 5) is 2.21. The molecule has 3 nitrogen and oxygen atoms in total. The second kappa shape index (κ2) is 8.29. The molecule has 1 aliphatic rings. The van der Waals surface area contributed by atoms with Crippen molar-refractivity contribution >= 4 is 24.8 Å². The summed E-state index contributed by atoms with van der Waals surface area (Å²) in [6, 6.07) is 2.43. The highest BCUT2D eigenvalue weighted by Gasteiger charge is 2.35. The van der Waals surface area contributed by atoms with E-state index in [4.69, 9.17) is 0 Å². The van der Waals surface area contributed by atoms with Crippen LogP contribution in [-0.2, 0) is 0 Å². The van der Waals surface area contributed by atoms with Crippen LogP contribution in [0.4, 0.5) is 8.78 Å². The number of hydrogen-bond acceptors (Lipinski definition) is 3. The Kier molecular flexibility index (Phi) is 8.06. The fourth-order valence-electron chi connectivity index (χ4n) is 2.93. The number of hydrogen-bond donors (Lipinski definition) is 2. The first-order valence-electron chi connectivity index (χ1n) is 6.94. The molecule has 2 rings (SSSR count). The maximum atomic E-state index is 13.7. The lowest BCUT2D eigenvalue weighted by molar-refractivity contribution is 0.0836. The molecule has 1 heterocycles. The van der Waals surface area contributed by atoms with Crippen LogP contribution in [-0.4, -0.2) is 36.2 Å². The Bertz CT molecular complexity index is 489. The van der Waals surface area contributed by atoms with E-state index in [0.717, 1.165) is 32.2 Å². The van der Waals surface area contributed by atoms with Crippen LogP contribution in [0.25, 0.3) is 0 Å². The summed E-state index contributed by atoms with van der Waals surface area (Å²) in [6.45, 7) is 9.48. The largest absolute Gasteiger partial charge is 0.505 e. The Hall–Kier alpha value is -0.620. The van der Waals surface area contributed by atoms with E-state index in [-0.39, 0.29) is 36.3 Å². The predicted molar refractivity (Wildman–Crippen MR) is 89.2 cm³/mol. The molecule has 0 radical (unpaired) electrons. The highest BCUT2D eigenvalue weighted by atomic mass is 35.5. The maximum absolute atomic E-state index is 13.7. The number of benzene rings is 1. The van der Waals surface area contributed by atoms with Crippen molar-refractivity contribution in [2.45, 2.75) is 26.8 Å². The molecule has 0 amide bonds. The van der Waals surface area contributed by atoms with E-state index >= 15 is 0 Å². The van der Waals surface area contributed by atoms with E-state index in [2.05, 4.69) is 10.2 Å². The van der Waals surface area contributed by atoms with Gasteiger partial charge < -0.3 is 10.4 Å². The molecule has 2 N–H and O–H groups in total. The van der Waals surface area contributed by atoms with Gasteiger partial charge in [-0.2, -0.15) is 4.39 Å². The van der Waals surface area contributed by atoms with Gasteiger partial charge in [-0.05, 0) is 11.5 Å². The lowest BCUT2D eigenvalue weighted by atomic mass is 9.80. The van der Waals surface area contributed by atoms with Crippen LogP contribution in [0.1, 0.15) is 32.4 Å². The summed E-state index contributed by atoms with van der Waals surface area (Å²) in [5.41, 5.74) is 0.261. The Morgan fingerprint density at radius 3 is 2.18 bits per heavy atom. The second-order valence-corrected chi connectivity index (χ2v) is 6.35. The number of piperazine rings is 1. The Balaban J connectivity index is 0.00000220. The van der Waals surface area contributed by atoms with Gasteiger partial charge in [-0.25, -0.2) is 4.39 Å². The van der Waals surface area contributed by atoms with Gasteiger partial charge in [0.15, 0.2) is 11.6 Å². The maximum Gasteiger partial charge on any atom is 0.200 e. The average molecular weight is 357 g/mol. The van der Waals surface area contributed by atoms with Gasteiger partial charge in [-0.3, -0.25) is 4.90 Å². The van der Waals surface area contributed by atoms with E-state index in [9.17, 15) is 13.9 Å². The standard InChI is InChI=1S/C15H22F2N2O.2ClH/c1-15(2,3)14(19-8-6-18-7-9-19)10-4-5-11(16)12(17)13(10)20;;/h4-5,14,18,20H,6-9H2,1-3H3;2*1H/t14-;;/m1../s1. The first-order chi connectivity index (χ1) is 9.32. The highest BCUT2D eigenvalue weighted by molar-refractivity contribution is 5.85. The normalized spacial score (nSPS) is 17.3. The molecule has 1 aromatic carbocycles. The molecule has 22 heavy (non-hydrogen) atoms. The van der Waals surface area contributed by atoms with Gasteiger partial charge in [-0.1, -0.05) is 26.8 Å². The van der Waals surface area contributed by atoms with Crippen molar-refractivity contribution in [3.8, 4) is 5.75 Å². The monoisotopic (exact) mass is 356 g/mol. The van der Waals surface area contributed by atoms with Crippen molar-refractivity contribution in [1.29, 1.82) is 0 Å². The van der Waals surface area contributed by atoms with E-state index < -0.39 is 17.4 Å². The van der Waals surface area contributed by atoms with Crippen LogP contribution in [0, 0.1) is 17.0 Å². The number of nitrogens with one attached hydrogen (secondary N) is 1. The lowest BCUT2D eigenvalue weighted by Crippen LogP contribution is -2.48. The molecule has 0 spiro atoms. The van der Waals surface area contributed by atoms with Gasteiger partial charge in [0.1, 0.15) is 0 Å². The SMILES string of the molecule is CC(C)(C)[C@@H](c1ccc(F)c(F)c1O)N1CCNCC1.Cl.Cl. The molecule has 7 heteroatoms. The molecule has 1 saturated heterocycles. The minimum Gasteiger partial charge on any atom is -0.505 e. The molecule has 1 aliphatic heterocycles. The van der Waals surface area contributed by atoms with Crippen LogP contribution in [0.15, 0.2) is 12.1 Å². The van der Waals surface area contributed by atoms with Crippen LogP contribution < -0.4 is 5.32 Å². The molecule has 1 fully saturated rings. The fraction of sp³-hybridized carbons (Fsp3) is 0.600. The lowest BCUT2D eigenvalue weighted by Gasteiger charge is -2.42. The smallest absolute Gasteiger partial charge is 0.200 e. The first-order valence-corrected chi connectivity index (χ1v) is 6.94. The van der Waals surface area contributed by atoms with E-state index in [1.165, 1.54) is 6.07 Å². The van der Waals surface area contributed by atoms with Crippen LogP contribution >= 0.6 is 24.8 Å². The molecular formula is C15H24Cl2F2N2O. The quantitative estimate of drug-likeness (QED) is 0.850. The summed E-state index contributed by atoms with van der Waals surface area (Å²) in [7, 11) is 0. The molecule has 0 aromatic heterocycles. The zero-order valence-electron chi connectivity index (χ0n) is 13.0. The summed E-state index contributed by atoms with van der Waals surface area (Å²) in [6.07, 6.45) is 0. The first kappa shape index (κ1) is 21.4. The van der Waals surface area contributed by atoms with E-state index in [1.807, 2.05) is 20.8 Å². The van der Waals surface area contributed by atoms with Crippen LogP contribution in [0.3, 0.4) is 0 Å². The number of nitrogens with zero attached hydrogens (tertiary/aromatic N) is 1. The number of rotatable bonds is 2.